The number of rotatable bonds is 11. The molecule has 4 rings (SSSR count). The van der Waals surface area contributed by atoms with Crippen LogP contribution in [0.1, 0.15) is 78.8 Å². The van der Waals surface area contributed by atoms with Crippen LogP contribution in [-0.4, -0.2) is 5.11 Å². The van der Waals surface area contributed by atoms with Crippen LogP contribution in [0.25, 0.3) is 11.1 Å². The van der Waals surface area contributed by atoms with Crippen molar-refractivity contribution >= 4 is 15.9 Å². The normalized spacial score (nSPS) is 12.9. The van der Waals surface area contributed by atoms with E-state index in [0.717, 1.165) is 38.7 Å². The maximum Gasteiger partial charge on any atom is 0.141 e. The van der Waals surface area contributed by atoms with Crippen molar-refractivity contribution in [3.63, 3.8) is 0 Å². The van der Waals surface area contributed by atoms with Crippen molar-refractivity contribution < 1.29 is 5.11 Å². The molecule has 1 unspecified atom stereocenters. The second-order valence-corrected chi connectivity index (χ2v) is 11.3. The lowest BCUT2D eigenvalue weighted by molar-refractivity contribution is 0.126. The molecule has 0 radical (unpaired) electrons. The highest BCUT2D eigenvalue weighted by Crippen LogP contribution is 2.43. The topological polar surface area (TPSA) is 20.2 Å². The zero-order valence-corrected chi connectivity index (χ0v) is 24.0. The van der Waals surface area contributed by atoms with E-state index in [1.807, 2.05) is 0 Å². The Kier molecular flexibility index (Phi) is 9.40. The van der Waals surface area contributed by atoms with Crippen molar-refractivity contribution in [2.24, 2.45) is 0 Å². The number of unbranched alkanes of at least 4 members (excludes halogenated alkanes) is 5. The molecule has 0 spiro atoms. The summed E-state index contributed by atoms with van der Waals surface area (Å²) in [5.74, 6) is 0. The summed E-state index contributed by atoms with van der Waals surface area (Å²) in [4.78, 5) is 0. The highest BCUT2D eigenvalue weighted by Gasteiger charge is 2.36. The first-order valence-corrected chi connectivity index (χ1v) is 14.5. The Morgan fingerprint density at radius 1 is 0.649 bits per heavy atom. The second kappa shape index (κ2) is 12.7. The third kappa shape index (κ3) is 6.61. The van der Waals surface area contributed by atoms with E-state index in [1.54, 1.807) is 0 Å². The lowest BCUT2D eigenvalue weighted by atomic mass is 9.77. The van der Waals surface area contributed by atoms with Gasteiger partial charge in [0.2, 0.25) is 0 Å². The molecule has 0 saturated carbocycles. The fourth-order valence-corrected chi connectivity index (χ4v) is 5.46. The molecule has 0 aliphatic rings. The average Bonchev–Trinajstić information content (AvgIpc) is 2.91. The number of halogens is 1. The van der Waals surface area contributed by atoms with Crippen LogP contribution < -0.4 is 0 Å². The molecular weight excluding hydrogens is 516 g/mol. The van der Waals surface area contributed by atoms with Gasteiger partial charge < -0.3 is 5.11 Å². The maximum absolute atomic E-state index is 12.7. The first kappa shape index (κ1) is 27.4. The summed E-state index contributed by atoms with van der Waals surface area (Å²) in [5.41, 5.74) is 7.18. The zero-order valence-electron chi connectivity index (χ0n) is 22.4. The maximum atomic E-state index is 12.7. The third-order valence-electron chi connectivity index (χ3n) is 7.39. The standard InChI is InChI=1S/C35H39BrO/c1-4-5-6-7-8-9-10-28-15-21-31(22-16-28)35(37,30-19-13-27(3)14-20-30)34-25-32(36)23-24-33(34)29-17-11-26(2)12-18-29/h11-25,37H,4-10H2,1-3H3. The Bertz CT molecular complexity index is 1270. The molecule has 2 heteroatoms. The summed E-state index contributed by atoms with van der Waals surface area (Å²) in [5, 5.41) is 12.7. The Labute approximate surface area is 231 Å². The van der Waals surface area contributed by atoms with Gasteiger partial charge in [-0.2, -0.15) is 0 Å². The third-order valence-corrected chi connectivity index (χ3v) is 7.89. The quantitative estimate of drug-likeness (QED) is 0.144. The summed E-state index contributed by atoms with van der Waals surface area (Å²) >= 11 is 3.68. The van der Waals surface area contributed by atoms with Gasteiger partial charge in [-0.3, -0.25) is 0 Å². The fraction of sp³-hybridized carbons (Fsp3) is 0.314. The minimum absolute atomic E-state index is 0.869. The van der Waals surface area contributed by atoms with Gasteiger partial charge in [-0.25, -0.2) is 0 Å². The summed E-state index contributed by atoms with van der Waals surface area (Å²) in [7, 11) is 0. The molecule has 0 saturated heterocycles. The van der Waals surface area contributed by atoms with E-state index >= 15 is 0 Å². The summed E-state index contributed by atoms with van der Waals surface area (Å²) in [6, 6.07) is 31.7. The van der Waals surface area contributed by atoms with Crippen molar-refractivity contribution in [3.8, 4) is 11.1 Å². The van der Waals surface area contributed by atoms with Crippen LogP contribution in [0.3, 0.4) is 0 Å². The molecule has 0 heterocycles. The molecule has 0 fully saturated rings. The zero-order chi connectivity index (χ0) is 26.3. The average molecular weight is 556 g/mol. The van der Waals surface area contributed by atoms with Gasteiger partial charge in [-0.1, -0.05) is 145 Å². The van der Waals surface area contributed by atoms with Gasteiger partial charge in [0, 0.05) is 10.0 Å². The van der Waals surface area contributed by atoms with Crippen LogP contribution in [0.2, 0.25) is 0 Å². The molecule has 4 aromatic carbocycles. The number of hydrogen-bond donors (Lipinski definition) is 1. The largest absolute Gasteiger partial charge is 0.376 e. The molecule has 0 aromatic heterocycles. The van der Waals surface area contributed by atoms with Gasteiger partial charge in [0.25, 0.3) is 0 Å². The molecule has 4 aromatic rings. The van der Waals surface area contributed by atoms with Crippen molar-refractivity contribution in [1.82, 2.24) is 0 Å². The number of aliphatic hydroxyl groups is 1. The van der Waals surface area contributed by atoms with Crippen LogP contribution in [0.4, 0.5) is 0 Å². The lowest BCUT2D eigenvalue weighted by Crippen LogP contribution is -2.29. The van der Waals surface area contributed by atoms with Gasteiger partial charge in [0.15, 0.2) is 0 Å². The number of hydrogen-bond acceptors (Lipinski definition) is 1. The molecule has 0 amide bonds. The molecule has 0 aliphatic heterocycles. The summed E-state index contributed by atoms with van der Waals surface area (Å²) in [6.45, 7) is 6.44. The van der Waals surface area contributed by atoms with Crippen molar-refractivity contribution in [3.05, 3.63) is 129 Å². The van der Waals surface area contributed by atoms with Crippen molar-refractivity contribution in [2.75, 3.05) is 0 Å². The van der Waals surface area contributed by atoms with E-state index in [-0.39, 0.29) is 0 Å². The van der Waals surface area contributed by atoms with Crippen molar-refractivity contribution in [2.45, 2.75) is 71.3 Å². The number of aryl methyl sites for hydroxylation is 3. The molecule has 0 bridgehead atoms. The molecule has 1 nitrogen and oxygen atoms in total. The molecular formula is C35H39BrO. The minimum atomic E-state index is -1.30. The smallest absolute Gasteiger partial charge is 0.141 e. The first-order valence-electron chi connectivity index (χ1n) is 13.7. The highest BCUT2D eigenvalue weighted by molar-refractivity contribution is 9.10. The van der Waals surface area contributed by atoms with Crippen LogP contribution in [0.15, 0.2) is 95.5 Å². The van der Waals surface area contributed by atoms with Gasteiger partial charge in [-0.15, -0.1) is 0 Å². The van der Waals surface area contributed by atoms with Crippen molar-refractivity contribution in [1.29, 1.82) is 0 Å². The molecule has 1 N–H and O–H groups in total. The van der Waals surface area contributed by atoms with Crippen LogP contribution >= 0.6 is 15.9 Å². The van der Waals surface area contributed by atoms with Crippen LogP contribution in [-0.2, 0) is 12.0 Å². The van der Waals surface area contributed by atoms with Crippen LogP contribution in [0, 0.1) is 13.8 Å². The van der Waals surface area contributed by atoms with E-state index < -0.39 is 5.60 Å². The minimum Gasteiger partial charge on any atom is -0.376 e. The van der Waals surface area contributed by atoms with Gasteiger partial charge >= 0.3 is 0 Å². The van der Waals surface area contributed by atoms with E-state index in [9.17, 15) is 5.11 Å². The van der Waals surface area contributed by atoms with Gasteiger partial charge in [-0.05, 0) is 66.6 Å². The molecule has 192 valence electrons. The van der Waals surface area contributed by atoms with E-state index in [2.05, 4.69) is 128 Å². The summed E-state index contributed by atoms with van der Waals surface area (Å²) in [6.07, 6.45) is 8.88. The van der Waals surface area contributed by atoms with E-state index in [4.69, 9.17) is 0 Å². The Balaban J connectivity index is 1.73. The first-order chi connectivity index (χ1) is 17.9. The fourth-order valence-electron chi connectivity index (χ4n) is 5.10. The van der Waals surface area contributed by atoms with Gasteiger partial charge in [0.05, 0.1) is 0 Å². The summed E-state index contributed by atoms with van der Waals surface area (Å²) < 4.78 is 0.948. The lowest BCUT2D eigenvalue weighted by Gasteiger charge is -2.32. The Hall–Kier alpha value is -2.68. The Morgan fingerprint density at radius 2 is 1.19 bits per heavy atom. The monoisotopic (exact) mass is 554 g/mol. The molecule has 1 atom stereocenters. The van der Waals surface area contributed by atoms with Crippen LogP contribution in [0.5, 0.6) is 0 Å². The SMILES string of the molecule is CCCCCCCCc1ccc(C(O)(c2ccc(C)cc2)c2cc(Br)ccc2-c2ccc(C)cc2)cc1. The van der Waals surface area contributed by atoms with Gasteiger partial charge in [0.1, 0.15) is 5.60 Å². The second-order valence-electron chi connectivity index (χ2n) is 10.3. The highest BCUT2D eigenvalue weighted by atomic mass is 79.9. The van der Waals surface area contributed by atoms with E-state index in [0.29, 0.717) is 0 Å². The van der Waals surface area contributed by atoms with E-state index in [1.165, 1.54) is 55.2 Å². The predicted octanol–water partition coefficient (Wildman–Crippen LogP) is 9.92. The Morgan fingerprint density at radius 3 is 1.81 bits per heavy atom. The predicted molar refractivity (Wildman–Crippen MR) is 161 cm³/mol. The number of benzene rings is 4. The molecule has 37 heavy (non-hydrogen) atoms. The molecule has 0 aliphatic carbocycles.